The lowest BCUT2D eigenvalue weighted by molar-refractivity contribution is 0.616. The Labute approximate surface area is 61.1 Å². The first-order valence-electron chi connectivity index (χ1n) is 1.75. The summed E-state index contributed by atoms with van der Waals surface area (Å²) in [6.45, 7) is 1.57. The van der Waals surface area contributed by atoms with Crippen LogP contribution in [-0.4, -0.2) is 8.42 Å². The Morgan fingerprint density at radius 2 is 2.12 bits per heavy atom. The van der Waals surface area contributed by atoms with E-state index in [2.05, 4.69) is 15.9 Å². The highest BCUT2D eigenvalue weighted by molar-refractivity contribution is 9.14. The Bertz CT molecular complexity index is 193. The van der Waals surface area contributed by atoms with Crippen LogP contribution in [0.1, 0.15) is 6.92 Å². The maximum atomic E-state index is 10.2. The molecule has 0 aliphatic rings. The van der Waals surface area contributed by atoms with Gasteiger partial charge in [0.05, 0.1) is 0 Å². The molecule has 0 radical (unpaired) electrons. The van der Waals surface area contributed by atoms with Gasteiger partial charge < -0.3 is 0 Å². The van der Waals surface area contributed by atoms with E-state index < -0.39 is 9.05 Å². The van der Waals surface area contributed by atoms with E-state index in [-0.39, 0.29) is 3.81 Å². The Balaban J connectivity index is 4.55. The van der Waals surface area contributed by atoms with Crippen molar-refractivity contribution in [2.75, 3.05) is 0 Å². The van der Waals surface area contributed by atoms with Gasteiger partial charge in [0.25, 0.3) is 9.05 Å². The lowest BCUT2D eigenvalue weighted by atomic mass is 10.8. The van der Waals surface area contributed by atoms with E-state index in [4.69, 9.17) is 10.7 Å². The van der Waals surface area contributed by atoms with Gasteiger partial charge in [0.15, 0.2) is 0 Å². The van der Waals surface area contributed by atoms with Gasteiger partial charge in [-0.2, -0.15) is 0 Å². The predicted molar refractivity (Wildman–Crippen MR) is 37.5 cm³/mol. The standard InChI is InChI=1S/C3H4BrClO2S/c1-2-3(4)8(5,6)7/h2H,1H3/b3-2-. The normalized spacial score (nSPS) is 14.1. The molecule has 0 aliphatic carbocycles. The fourth-order valence-corrected chi connectivity index (χ4v) is 0.690. The Kier molecular flexibility index (Phi) is 3.01. The Hall–Kier alpha value is 0.460. The van der Waals surface area contributed by atoms with E-state index in [1.165, 1.54) is 6.08 Å². The molecule has 48 valence electrons. The summed E-state index contributed by atoms with van der Waals surface area (Å²) in [4.78, 5) is 0. The summed E-state index contributed by atoms with van der Waals surface area (Å²) < 4.78 is 20.4. The number of rotatable bonds is 1. The van der Waals surface area contributed by atoms with Gasteiger partial charge in [-0.05, 0) is 22.9 Å². The molecule has 0 aliphatic heterocycles. The summed E-state index contributed by atoms with van der Waals surface area (Å²) in [5.41, 5.74) is 0. The zero-order valence-electron chi connectivity index (χ0n) is 4.06. The molecule has 5 heteroatoms. The van der Waals surface area contributed by atoms with Crippen LogP contribution >= 0.6 is 26.6 Å². The largest absolute Gasteiger partial charge is 0.267 e. The molecule has 0 heterocycles. The van der Waals surface area contributed by atoms with E-state index in [1.807, 2.05) is 0 Å². The lowest BCUT2D eigenvalue weighted by Gasteiger charge is -1.85. The van der Waals surface area contributed by atoms with Crippen LogP contribution in [0.2, 0.25) is 0 Å². The molecule has 2 nitrogen and oxygen atoms in total. The van der Waals surface area contributed by atoms with Gasteiger partial charge in [-0.1, -0.05) is 6.08 Å². The van der Waals surface area contributed by atoms with Crippen LogP contribution in [0.15, 0.2) is 9.89 Å². The second-order valence-corrected chi connectivity index (χ2v) is 4.94. The molecule has 0 saturated carbocycles. The van der Waals surface area contributed by atoms with E-state index >= 15 is 0 Å². The molecule has 0 aromatic rings. The van der Waals surface area contributed by atoms with Crippen LogP contribution in [0.3, 0.4) is 0 Å². The van der Waals surface area contributed by atoms with Gasteiger partial charge in [0.2, 0.25) is 0 Å². The molecule has 0 fully saturated rings. The quantitative estimate of drug-likeness (QED) is 0.631. The molecular weight excluding hydrogens is 215 g/mol. The minimum Gasteiger partial charge on any atom is -0.206 e. The van der Waals surface area contributed by atoms with Crippen molar-refractivity contribution in [2.45, 2.75) is 6.92 Å². The molecular formula is C3H4BrClO2S. The van der Waals surface area contributed by atoms with Crippen molar-refractivity contribution >= 4 is 35.7 Å². The smallest absolute Gasteiger partial charge is 0.206 e. The highest BCUT2D eigenvalue weighted by Crippen LogP contribution is 2.17. The van der Waals surface area contributed by atoms with Crippen molar-refractivity contribution in [3.63, 3.8) is 0 Å². The van der Waals surface area contributed by atoms with Gasteiger partial charge >= 0.3 is 0 Å². The highest BCUT2D eigenvalue weighted by atomic mass is 79.9. The van der Waals surface area contributed by atoms with Gasteiger partial charge in [0.1, 0.15) is 3.81 Å². The molecule has 0 amide bonds. The zero-order valence-corrected chi connectivity index (χ0v) is 7.22. The molecule has 0 saturated heterocycles. The summed E-state index contributed by atoms with van der Waals surface area (Å²) in [5.74, 6) is 0. The summed E-state index contributed by atoms with van der Waals surface area (Å²) >= 11 is 2.74. The third kappa shape index (κ3) is 2.69. The minimum absolute atomic E-state index is 0.00617. The van der Waals surface area contributed by atoms with Crippen molar-refractivity contribution < 1.29 is 8.42 Å². The highest BCUT2D eigenvalue weighted by Gasteiger charge is 2.06. The molecule has 0 unspecified atom stereocenters. The summed E-state index contributed by atoms with van der Waals surface area (Å²) in [7, 11) is 1.34. The summed E-state index contributed by atoms with van der Waals surface area (Å²) in [5, 5.41) is 0. The molecule has 8 heavy (non-hydrogen) atoms. The van der Waals surface area contributed by atoms with Gasteiger partial charge in [-0.3, -0.25) is 0 Å². The van der Waals surface area contributed by atoms with Crippen LogP contribution in [-0.2, 0) is 9.05 Å². The van der Waals surface area contributed by atoms with Crippen molar-refractivity contribution in [3.05, 3.63) is 9.89 Å². The van der Waals surface area contributed by atoms with Crippen LogP contribution in [0.4, 0.5) is 0 Å². The second-order valence-electron chi connectivity index (χ2n) is 1.03. The van der Waals surface area contributed by atoms with Crippen LogP contribution in [0, 0.1) is 0 Å². The number of halogens is 2. The summed E-state index contributed by atoms with van der Waals surface area (Å²) in [6, 6.07) is 0. The van der Waals surface area contributed by atoms with E-state index in [0.717, 1.165) is 0 Å². The average Bonchev–Trinajstić information content (AvgIpc) is 1.62. The molecule has 0 bridgehead atoms. The fraction of sp³-hybridized carbons (Fsp3) is 0.333. The molecule has 0 spiro atoms. The molecule has 0 aromatic carbocycles. The van der Waals surface area contributed by atoms with Gasteiger partial charge in [-0.25, -0.2) is 8.42 Å². The van der Waals surface area contributed by atoms with E-state index in [9.17, 15) is 8.42 Å². The Morgan fingerprint density at radius 3 is 2.12 bits per heavy atom. The Morgan fingerprint density at radius 1 is 1.75 bits per heavy atom. The van der Waals surface area contributed by atoms with Crippen molar-refractivity contribution in [3.8, 4) is 0 Å². The van der Waals surface area contributed by atoms with Crippen LogP contribution < -0.4 is 0 Å². The van der Waals surface area contributed by atoms with Crippen LogP contribution in [0.5, 0.6) is 0 Å². The summed E-state index contributed by atoms with van der Waals surface area (Å²) in [6.07, 6.45) is 1.36. The first-order valence-corrected chi connectivity index (χ1v) is 4.85. The molecule has 0 N–H and O–H groups in total. The zero-order chi connectivity index (χ0) is 6.78. The molecule has 0 rings (SSSR count). The average molecular weight is 219 g/mol. The fourth-order valence-electron chi connectivity index (χ4n) is 0.141. The van der Waals surface area contributed by atoms with Crippen molar-refractivity contribution in [1.29, 1.82) is 0 Å². The third-order valence-electron chi connectivity index (χ3n) is 0.460. The monoisotopic (exact) mass is 218 g/mol. The first-order chi connectivity index (χ1) is 3.48. The van der Waals surface area contributed by atoms with Crippen molar-refractivity contribution in [1.82, 2.24) is 0 Å². The number of allylic oxidation sites excluding steroid dienone is 1. The SMILES string of the molecule is C/C=C(/Br)S(=O)(=O)Cl. The minimum atomic E-state index is -3.50. The van der Waals surface area contributed by atoms with Crippen molar-refractivity contribution in [2.24, 2.45) is 0 Å². The van der Waals surface area contributed by atoms with Crippen LogP contribution in [0.25, 0.3) is 0 Å². The molecule has 0 aromatic heterocycles. The maximum Gasteiger partial charge on any atom is 0.267 e. The third-order valence-corrected chi connectivity index (χ3v) is 3.96. The molecule has 0 atom stereocenters. The van der Waals surface area contributed by atoms with E-state index in [0.29, 0.717) is 0 Å². The first kappa shape index (κ1) is 8.46. The van der Waals surface area contributed by atoms with E-state index in [1.54, 1.807) is 6.92 Å². The second kappa shape index (κ2) is 2.85. The maximum absolute atomic E-state index is 10.2. The van der Waals surface area contributed by atoms with Gasteiger partial charge in [0, 0.05) is 10.7 Å². The lowest BCUT2D eigenvalue weighted by Crippen LogP contribution is -1.84. The number of hydrogen-bond acceptors (Lipinski definition) is 2. The predicted octanol–water partition coefficient (Wildman–Crippen LogP) is 1.81. The van der Waals surface area contributed by atoms with Gasteiger partial charge in [-0.15, -0.1) is 0 Å². The number of hydrogen-bond donors (Lipinski definition) is 0. The topological polar surface area (TPSA) is 34.1 Å².